The highest BCUT2D eigenvalue weighted by molar-refractivity contribution is 5.76. The Morgan fingerprint density at radius 2 is 0.863 bits per heavy atom. The lowest BCUT2D eigenvalue weighted by Crippen LogP contribution is -2.65. The van der Waals surface area contributed by atoms with Gasteiger partial charge in [-0.15, -0.1) is 0 Å². The van der Waals surface area contributed by atoms with E-state index in [1.807, 2.05) is 6.08 Å². The molecule has 0 aromatic heterocycles. The Labute approximate surface area is 443 Å². The van der Waals surface area contributed by atoms with Crippen molar-refractivity contribution in [1.29, 1.82) is 0 Å². The molecule has 14 heteroatoms. The largest absolute Gasteiger partial charge is 0.394 e. The molecule has 430 valence electrons. The van der Waals surface area contributed by atoms with Gasteiger partial charge in [0.15, 0.2) is 12.6 Å². The summed E-state index contributed by atoms with van der Waals surface area (Å²) >= 11 is 0. The van der Waals surface area contributed by atoms with Gasteiger partial charge < -0.3 is 65.1 Å². The number of aliphatic hydroxyl groups is 8. The minimum atomic E-state index is -1.78. The number of nitrogens with one attached hydrogen (secondary N) is 1. The molecule has 12 atom stereocenters. The zero-order valence-electron chi connectivity index (χ0n) is 46.1. The fourth-order valence-corrected chi connectivity index (χ4v) is 9.99. The first-order valence-corrected chi connectivity index (χ1v) is 30.1. The highest BCUT2D eigenvalue weighted by atomic mass is 16.7. The van der Waals surface area contributed by atoms with Crippen molar-refractivity contribution in [3.8, 4) is 0 Å². The molecule has 2 rings (SSSR count). The molecular weight excluding hydrogens is 931 g/mol. The molecule has 1 amide bonds. The number of aliphatic hydroxyl groups excluding tert-OH is 8. The van der Waals surface area contributed by atoms with Crippen molar-refractivity contribution in [2.45, 2.75) is 325 Å². The molecule has 0 bridgehead atoms. The van der Waals surface area contributed by atoms with Crippen molar-refractivity contribution in [1.82, 2.24) is 5.32 Å². The highest BCUT2D eigenvalue weighted by Crippen LogP contribution is 2.30. The predicted molar refractivity (Wildman–Crippen MR) is 291 cm³/mol. The van der Waals surface area contributed by atoms with E-state index in [0.29, 0.717) is 6.42 Å². The van der Waals surface area contributed by atoms with E-state index in [1.54, 1.807) is 6.08 Å². The van der Waals surface area contributed by atoms with Gasteiger partial charge in [0.2, 0.25) is 5.91 Å². The van der Waals surface area contributed by atoms with Crippen LogP contribution in [0.5, 0.6) is 0 Å². The molecule has 0 saturated carbocycles. The van der Waals surface area contributed by atoms with E-state index in [-0.39, 0.29) is 18.9 Å². The van der Waals surface area contributed by atoms with Crippen LogP contribution in [0.3, 0.4) is 0 Å². The van der Waals surface area contributed by atoms with Crippen molar-refractivity contribution >= 4 is 5.91 Å². The molecule has 0 aromatic carbocycles. The summed E-state index contributed by atoms with van der Waals surface area (Å²) in [4.78, 5) is 13.1. The van der Waals surface area contributed by atoms with Crippen LogP contribution in [-0.4, -0.2) is 140 Å². The topological polar surface area (TPSA) is 228 Å². The van der Waals surface area contributed by atoms with E-state index in [2.05, 4.69) is 31.3 Å². The second kappa shape index (κ2) is 45.5. The summed E-state index contributed by atoms with van der Waals surface area (Å²) in [6.45, 7) is 2.71. The summed E-state index contributed by atoms with van der Waals surface area (Å²) in [5.74, 6) is -0.241. The number of rotatable bonds is 48. The Bertz CT molecular complexity index is 1320. The number of carbonyl (C=O) groups excluding carboxylic acids is 1. The van der Waals surface area contributed by atoms with Gasteiger partial charge in [0.25, 0.3) is 0 Å². The number of hydrogen-bond acceptors (Lipinski definition) is 13. The number of unbranched alkanes of at least 4 members (excludes halogenated alkanes) is 33. The van der Waals surface area contributed by atoms with E-state index in [9.17, 15) is 45.6 Å². The van der Waals surface area contributed by atoms with Crippen molar-refractivity contribution < 1.29 is 64.6 Å². The summed E-state index contributed by atoms with van der Waals surface area (Å²) < 4.78 is 22.6. The van der Waals surface area contributed by atoms with Crippen LogP contribution >= 0.6 is 0 Å². The molecule has 2 aliphatic rings. The lowest BCUT2D eigenvalue weighted by molar-refractivity contribution is -0.359. The minimum Gasteiger partial charge on any atom is -0.394 e. The molecule has 2 fully saturated rings. The summed E-state index contributed by atoms with van der Waals surface area (Å²) in [5, 5.41) is 86.5. The Balaban J connectivity index is 1.54. The molecule has 0 aliphatic carbocycles. The monoisotopic (exact) mass is 1040 g/mol. The van der Waals surface area contributed by atoms with Crippen molar-refractivity contribution in [3.05, 3.63) is 24.3 Å². The molecule has 2 saturated heterocycles. The number of carbonyl (C=O) groups is 1. The molecule has 73 heavy (non-hydrogen) atoms. The Kier molecular flexibility index (Phi) is 42.1. The van der Waals surface area contributed by atoms with Crippen LogP contribution in [0.4, 0.5) is 0 Å². The maximum atomic E-state index is 13.1. The SMILES string of the molecule is CCCCCC/C=C/C(O)C(COC1OC(CO)C(OC2OC(CO)C(O)C(O)C2O)C(O)C1O)NC(=O)CCCCCCCCCCCCCCCCCCCCCCC/C=C\CCCCCCCCCC. The van der Waals surface area contributed by atoms with Crippen LogP contribution in [0.15, 0.2) is 24.3 Å². The van der Waals surface area contributed by atoms with Gasteiger partial charge in [0, 0.05) is 6.42 Å². The average Bonchev–Trinajstić information content (AvgIpc) is 3.39. The van der Waals surface area contributed by atoms with Crippen LogP contribution < -0.4 is 5.32 Å². The zero-order chi connectivity index (χ0) is 53.2. The summed E-state index contributed by atoms with van der Waals surface area (Å²) in [7, 11) is 0. The van der Waals surface area contributed by atoms with Gasteiger partial charge in [-0.25, -0.2) is 0 Å². The summed E-state index contributed by atoms with van der Waals surface area (Å²) in [6.07, 6.45) is 37.4. The third-order valence-corrected chi connectivity index (χ3v) is 14.9. The second-order valence-corrected chi connectivity index (χ2v) is 21.5. The van der Waals surface area contributed by atoms with E-state index in [1.165, 1.54) is 173 Å². The van der Waals surface area contributed by atoms with Crippen LogP contribution in [-0.2, 0) is 23.7 Å². The Morgan fingerprint density at radius 3 is 1.32 bits per heavy atom. The number of allylic oxidation sites excluding steroid dienone is 3. The highest BCUT2D eigenvalue weighted by Gasteiger charge is 2.51. The van der Waals surface area contributed by atoms with Gasteiger partial charge in [0.05, 0.1) is 32.0 Å². The first-order valence-electron chi connectivity index (χ1n) is 30.1. The third kappa shape index (κ3) is 31.5. The fraction of sp³-hybridized carbons (Fsp3) is 0.915. The van der Waals surface area contributed by atoms with Crippen LogP contribution in [0.25, 0.3) is 0 Å². The van der Waals surface area contributed by atoms with E-state index >= 15 is 0 Å². The zero-order valence-corrected chi connectivity index (χ0v) is 46.1. The van der Waals surface area contributed by atoms with Crippen molar-refractivity contribution in [2.75, 3.05) is 19.8 Å². The number of amides is 1. The standard InChI is InChI=1S/C59H111NO13/c1-3-5-7-9-11-12-13-14-15-16-17-18-19-20-21-22-23-24-25-26-27-28-29-30-31-32-33-34-35-36-37-39-41-43-51(64)60-47(48(63)42-40-38-10-8-6-4-2)46-70-58-56(69)54(67)57(50(45-62)72-58)73-59-55(68)53(66)52(65)49(44-61)71-59/h16-17,40,42,47-50,52-59,61-63,65-69H,3-15,18-39,41,43-46H2,1-2H3,(H,60,64)/b17-16-,42-40+. The molecule has 0 radical (unpaired) electrons. The van der Waals surface area contributed by atoms with E-state index in [4.69, 9.17) is 18.9 Å². The lowest BCUT2D eigenvalue weighted by Gasteiger charge is -2.46. The number of hydrogen-bond donors (Lipinski definition) is 9. The quantitative estimate of drug-likeness (QED) is 0.0204. The average molecular weight is 1040 g/mol. The third-order valence-electron chi connectivity index (χ3n) is 14.9. The van der Waals surface area contributed by atoms with Crippen molar-refractivity contribution in [2.24, 2.45) is 0 Å². The predicted octanol–water partition coefficient (Wildman–Crippen LogP) is 10.1. The fourth-order valence-electron chi connectivity index (χ4n) is 9.99. The lowest BCUT2D eigenvalue weighted by atomic mass is 9.97. The van der Waals surface area contributed by atoms with Crippen LogP contribution in [0, 0.1) is 0 Å². The van der Waals surface area contributed by atoms with E-state index < -0.39 is 86.8 Å². The normalized spacial score (nSPS) is 25.5. The summed E-state index contributed by atoms with van der Waals surface area (Å²) in [6, 6.07) is -0.908. The molecule has 9 N–H and O–H groups in total. The first-order chi connectivity index (χ1) is 35.6. The van der Waals surface area contributed by atoms with Crippen LogP contribution in [0.1, 0.15) is 251 Å². The van der Waals surface area contributed by atoms with Gasteiger partial charge in [-0.3, -0.25) is 4.79 Å². The molecule has 12 unspecified atom stereocenters. The van der Waals surface area contributed by atoms with Gasteiger partial charge in [-0.2, -0.15) is 0 Å². The van der Waals surface area contributed by atoms with Gasteiger partial charge in [-0.1, -0.05) is 224 Å². The molecule has 2 heterocycles. The molecule has 0 spiro atoms. The Morgan fingerprint density at radius 1 is 0.479 bits per heavy atom. The van der Waals surface area contributed by atoms with E-state index in [0.717, 1.165) is 51.4 Å². The second-order valence-electron chi connectivity index (χ2n) is 21.5. The van der Waals surface area contributed by atoms with Gasteiger partial charge >= 0.3 is 0 Å². The molecule has 14 nitrogen and oxygen atoms in total. The first kappa shape index (κ1) is 67.6. The van der Waals surface area contributed by atoms with Gasteiger partial charge in [0.1, 0.15) is 48.8 Å². The molecular formula is C59H111NO13. The smallest absolute Gasteiger partial charge is 0.220 e. The summed E-state index contributed by atoms with van der Waals surface area (Å²) in [5.41, 5.74) is 0. The van der Waals surface area contributed by atoms with Crippen molar-refractivity contribution in [3.63, 3.8) is 0 Å². The Hall–Kier alpha value is -1.53. The number of ether oxygens (including phenoxy) is 4. The molecule has 2 aliphatic heterocycles. The van der Waals surface area contributed by atoms with Crippen LogP contribution in [0.2, 0.25) is 0 Å². The minimum absolute atomic E-state index is 0.241. The molecule has 0 aromatic rings. The maximum absolute atomic E-state index is 13.1. The van der Waals surface area contributed by atoms with Gasteiger partial charge in [-0.05, 0) is 44.9 Å². The maximum Gasteiger partial charge on any atom is 0.220 e.